The van der Waals surface area contributed by atoms with Crippen molar-refractivity contribution in [3.8, 4) is 0 Å². The molecule has 0 heterocycles. The second kappa shape index (κ2) is 5.43. The van der Waals surface area contributed by atoms with Gasteiger partial charge >= 0.3 is 0 Å². The van der Waals surface area contributed by atoms with Crippen LogP contribution in [0.2, 0.25) is 0 Å². The minimum absolute atomic E-state index is 0.207. The summed E-state index contributed by atoms with van der Waals surface area (Å²) in [4.78, 5) is 22.4. The summed E-state index contributed by atoms with van der Waals surface area (Å²) in [7, 11) is 0. The van der Waals surface area contributed by atoms with Gasteiger partial charge in [0.05, 0.1) is 12.0 Å². The Balaban J connectivity index is 2.77. The van der Waals surface area contributed by atoms with Gasteiger partial charge in [-0.3, -0.25) is 4.79 Å². The van der Waals surface area contributed by atoms with Crippen LogP contribution in [0.15, 0.2) is 24.3 Å². The van der Waals surface area contributed by atoms with Crippen molar-refractivity contribution in [1.82, 2.24) is 5.32 Å². The number of carbonyl (C=O) groups excluding carboxylic acids is 2. The number of carbonyl (C=O) groups is 2. The van der Waals surface area contributed by atoms with Gasteiger partial charge in [-0.15, -0.1) is 0 Å². The van der Waals surface area contributed by atoms with Crippen molar-refractivity contribution in [2.24, 2.45) is 5.92 Å². The molecule has 1 N–H and O–H groups in total. The van der Waals surface area contributed by atoms with Gasteiger partial charge in [0, 0.05) is 5.56 Å². The van der Waals surface area contributed by atoms with Gasteiger partial charge in [0.1, 0.15) is 5.82 Å². The van der Waals surface area contributed by atoms with Crippen molar-refractivity contribution >= 4 is 11.9 Å². The Morgan fingerprint density at radius 2 is 1.76 bits per heavy atom. The van der Waals surface area contributed by atoms with Crippen LogP contribution in [0.4, 0.5) is 4.39 Å². The molecule has 17 heavy (non-hydrogen) atoms. The third-order valence-corrected chi connectivity index (χ3v) is 2.31. The van der Waals surface area contributed by atoms with Gasteiger partial charge in [-0.1, -0.05) is 13.8 Å². The number of hydrogen-bond donors (Lipinski definition) is 1. The predicted octanol–water partition coefficient (Wildman–Crippen LogP) is 0.330. The Labute approximate surface area is 98.5 Å². The Kier molecular flexibility index (Phi) is 4.20. The Bertz CT molecular complexity index is 414. The summed E-state index contributed by atoms with van der Waals surface area (Å²) < 4.78 is 12.6. The van der Waals surface area contributed by atoms with E-state index in [-0.39, 0.29) is 11.5 Å². The number of carboxylic acids is 1. The maximum Gasteiger partial charge on any atom is 0.251 e. The molecule has 0 spiro atoms. The van der Waals surface area contributed by atoms with Crippen molar-refractivity contribution in [2.45, 2.75) is 19.9 Å². The van der Waals surface area contributed by atoms with Crippen LogP contribution in [-0.2, 0) is 4.79 Å². The maximum atomic E-state index is 12.6. The van der Waals surface area contributed by atoms with Gasteiger partial charge in [-0.2, -0.15) is 0 Å². The van der Waals surface area contributed by atoms with E-state index in [0.29, 0.717) is 0 Å². The first-order valence-electron chi connectivity index (χ1n) is 5.19. The number of nitrogens with one attached hydrogen (secondary N) is 1. The summed E-state index contributed by atoms with van der Waals surface area (Å²) in [5.41, 5.74) is 0.207. The van der Waals surface area contributed by atoms with Crippen LogP contribution in [0, 0.1) is 11.7 Å². The zero-order valence-electron chi connectivity index (χ0n) is 9.57. The summed E-state index contributed by atoms with van der Waals surface area (Å²) >= 11 is 0. The minimum Gasteiger partial charge on any atom is -0.548 e. The van der Waals surface area contributed by atoms with E-state index >= 15 is 0 Å². The van der Waals surface area contributed by atoms with E-state index in [2.05, 4.69) is 5.32 Å². The summed E-state index contributed by atoms with van der Waals surface area (Å²) in [5, 5.41) is 13.1. The van der Waals surface area contributed by atoms with Crippen LogP contribution in [0.3, 0.4) is 0 Å². The third-order valence-electron chi connectivity index (χ3n) is 2.31. The lowest BCUT2D eigenvalue weighted by atomic mass is 10.0. The summed E-state index contributed by atoms with van der Waals surface area (Å²) in [6.45, 7) is 3.32. The molecule has 0 radical (unpaired) electrons. The molecule has 1 aromatic carbocycles. The number of rotatable bonds is 4. The SMILES string of the molecule is CC(C)[C@H](NC(=O)c1ccc(F)cc1)C(=O)[O-]. The third kappa shape index (κ3) is 3.55. The highest BCUT2D eigenvalue weighted by molar-refractivity contribution is 5.96. The normalized spacial score (nSPS) is 12.2. The average Bonchev–Trinajstić information content (AvgIpc) is 2.25. The lowest BCUT2D eigenvalue weighted by Crippen LogP contribution is -2.50. The van der Waals surface area contributed by atoms with Crippen molar-refractivity contribution in [1.29, 1.82) is 0 Å². The Morgan fingerprint density at radius 3 is 2.18 bits per heavy atom. The van der Waals surface area contributed by atoms with Crippen molar-refractivity contribution in [3.05, 3.63) is 35.6 Å². The van der Waals surface area contributed by atoms with Gasteiger partial charge in [0.15, 0.2) is 0 Å². The molecule has 0 bridgehead atoms. The molecule has 5 heteroatoms. The number of carboxylic acid groups (broad SMARTS) is 1. The Hall–Kier alpha value is -1.91. The molecule has 0 unspecified atom stereocenters. The monoisotopic (exact) mass is 238 g/mol. The van der Waals surface area contributed by atoms with Crippen molar-refractivity contribution < 1.29 is 19.1 Å². The number of aliphatic carboxylic acids is 1. The Morgan fingerprint density at radius 1 is 1.24 bits per heavy atom. The number of amides is 1. The zero-order chi connectivity index (χ0) is 13.0. The fraction of sp³-hybridized carbons (Fsp3) is 0.333. The van der Waals surface area contributed by atoms with E-state index in [1.54, 1.807) is 13.8 Å². The van der Waals surface area contributed by atoms with Gasteiger partial charge in [0.25, 0.3) is 5.91 Å². The number of hydrogen-bond acceptors (Lipinski definition) is 3. The van der Waals surface area contributed by atoms with E-state index in [1.165, 1.54) is 12.1 Å². The first-order valence-corrected chi connectivity index (χ1v) is 5.19. The fourth-order valence-electron chi connectivity index (χ4n) is 1.32. The molecular weight excluding hydrogens is 225 g/mol. The lowest BCUT2D eigenvalue weighted by Gasteiger charge is -2.23. The quantitative estimate of drug-likeness (QED) is 0.821. The van der Waals surface area contributed by atoms with Crippen LogP contribution in [0.5, 0.6) is 0 Å². The van der Waals surface area contributed by atoms with Crippen molar-refractivity contribution in [2.75, 3.05) is 0 Å². The molecule has 0 saturated carbocycles. The van der Waals surface area contributed by atoms with Crippen LogP contribution >= 0.6 is 0 Å². The van der Waals surface area contributed by atoms with E-state index in [1.807, 2.05) is 0 Å². The minimum atomic E-state index is -1.34. The molecule has 0 aliphatic carbocycles. The van der Waals surface area contributed by atoms with E-state index in [4.69, 9.17) is 0 Å². The second-order valence-corrected chi connectivity index (χ2v) is 4.02. The van der Waals surface area contributed by atoms with Crippen LogP contribution < -0.4 is 10.4 Å². The molecule has 1 rings (SSSR count). The smallest absolute Gasteiger partial charge is 0.251 e. The van der Waals surface area contributed by atoms with Crippen LogP contribution in [-0.4, -0.2) is 17.9 Å². The molecule has 0 aliphatic heterocycles. The molecule has 1 atom stereocenters. The highest BCUT2D eigenvalue weighted by atomic mass is 19.1. The molecule has 1 aromatic rings. The second-order valence-electron chi connectivity index (χ2n) is 4.02. The number of benzene rings is 1. The molecule has 0 aliphatic rings. The molecule has 1 amide bonds. The zero-order valence-corrected chi connectivity index (χ0v) is 9.57. The highest BCUT2D eigenvalue weighted by Crippen LogP contribution is 2.05. The fourth-order valence-corrected chi connectivity index (χ4v) is 1.32. The van der Waals surface area contributed by atoms with E-state index < -0.39 is 23.7 Å². The van der Waals surface area contributed by atoms with Gasteiger partial charge in [-0.05, 0) is 30.2 Å². The van der Waals surface area contributed by atoms with E-state index in [9.17, 15) is 19.1 Å². The molecule has 0 fully saturated rings. The predicted molar refractivity (Wildman–Crippen MR) is 57.5 cm³/mol. The molecule has 0 saturated heterocycles. The first-order chi connectivity index (χ1) is 7.91. The standard InChI is InChI=1S/C12H14FNO3/c1-7(2)10(12(16)17)14-11(15)8-3-5-9(13)6-4-8/h3-7,10H,1-2H3,(H,14,15)(H,16,17)/p-1/t10-/m0/s1. The maximum absolute atomic E-state index is 12.6. The van der Waals surface area contributed by atoms with Gasteiger partial charge in [0.2, 0.25) is 0 Å². The lowest BCUT2D eigenvalue weighted by molar-refractivity contribution is -0.309. The summed E-state index contributed by atoms with van der Waals surface area (Å²) in [5.74, 6) is -2.64. The highest BCUT2D eigenvalue weighted by Gasteiger charge is 2.17. The molecule has 92 valence electrons. The molecular formula is C12H13FNO3-. The van der Waals surface area contributed by atoms with Gasteiger partial charge in [-0.25, -0.2) is 4.39 Å². The number of halogens is 1. The average molecular weight is 238 g/mol. The summed E-state index contributed by atoms with van der Waals surface area (Å²) in [6.07, 6.45) is 0. The molecule has 4 nitrogen and oxygen atoms in total. The molecule has 0 aromatic heterocycles. The topological polar surface area (TPSA) is 69.2 Å². The first kappa shape index (κ1) is 13.2. The van der Waals surface area contributed by atoms with E-state index in [0.717, 1.165) is 12.1 Å². The largest absolute Gasteiger partial charge is 0.548 e. The summed E-state index contributed by atoms with van der Waals surface area (Å²) in [6, 6.07) is 3.79. The van der Waals surface area contributed by atoms with Gasteiger partial charge < -0.3 is 15.2 Å². The van der Waals surface area contributed by atoms with Crippen LogP contribution in [0.1, 0.15) is 24.2 Å². The van der Waals surface area contributed by atoms with Crippen molar-refractivity contribution in [3.63, 3.8) is 0 Å². The van der Waals surface area contributed by atoms with Crippen LogP contribution in [0.25, 0.3) is 0 Å².